The summed E-state index contributed by atoms with van der Waals surface area (Å²) < 4.78 is 5.81. The molecule has 2 heterocycles. The van der Waals surface area contributed by atoms with Crippen LogP contribution < -0.4 is 4.74 Å². The van der Waals surface area contributed by atoms with Gasteiger partial charge in [-0.25, -0.2) is 4.98 Å². The minimum absolute atomic E-state index is 0.0826. The highest BCUT2D eigenvalue weighted by atomic mass is 32.1. The molecule has 0 radical (unpaired) electrons. The maximum absolute atomic E-state index is 5.81. The second-order valence-electron chi connectivity index (χ2n) is 6.03. The first-order valence-electron chi connectivity index (χ1n) is 6.95. The minimum Gasteiger partial charge on any atom is -0.485 e. The van der Waals surface area contributed by atoms with Crippen molar-refractivity contribution in [3.8, 4) is 5.75 Å². The molecule has 0 fully saturated rings. The van der Waals surface area contributed by atoms with Gasteiger partial charge in [-0.05, 0) is 12.1 Å². The fraction of sp³-hybridized carbons (Fsp3) is 0.294. The summed E-state index contributed by atoms with van der Waals surface area (Å²) in [5.74, 6) is 0.779. The molecule has 108 valence electrons. The number of hydrogen-bond donors (Lipinski definition) is 0. The maximum Gasteiger partial charge on any atom is 0.140 e. The van der Waals surface area contributed by atoms with Gasteiger partial charge in [0.2, 0.25) is 0 Å². The number of nitrogens with zero attached hydrogens (tertiary/aromatic N) is 2. The van der Waals surface area contributed by atoms with Crippen molar-refractivity contribution >= 4 is 22.2 Å². The first kappa shape index (κ1) is 14.0. The number of rotatable bonds is 3. The van der Waals surface area contributed by atoms with Crippen LogP contribution in [0, 0.1) is 0 Å². The molecule has 0 aliphatic rings. The molecule has 0 saturated heterocycles. The topological polar surface area (TPSA) is 35.0 Å². The van der Waals surface area contributed by atoms with Crippen molar-refractivity contribution in [3.63, 3.8) is 0 Å². The summed E-state index contributed by atoms with van der Waals surface area (Å²) in [6.07, 6.45) is 1.76. The van der Waals surface area contributed by atoms with Crippen LogP contribution in [0.1, 0.15) is 31.5 Å². The van der Waals surface area contributed by atoms with E-state index in [-0.39, 0.29) is 5.41 Å². The van der Waals surface area contributed by atoms with Crippen LogP contribution in [-0.2, 0) is 12.0 Å². The van der Waals surface area contributed by atoms with E-state index in [2.05, 4.69) is 36.1 Å². The van der Waals surface area contributed by atoms with E-state index in [4.69, 9.17) is 4.74 Å². The Bertz CT molecular complexity index is 759. The second-order valence-corrected chi connectivity index (χ2v) is 6.97. The Morgan fingerprint density at radius 3 is 2.76 bits per heavy atom. The van der Waals surface area contributed by atoms with E-state index in [1.807, 2.05) is 30.3 Å². The molecule has 0 bridgehead atoms. The summed E-state index contributed by atoms with van der Waals surface area (Å²) in [6.45, 7) is 6.99. The highest BCUT2D eigenvalue weighted by molar-refractivity contribution is 7.09. The molecule has 0 N–H and O–H groups in total. The highest BCUT2D eigenvalue weighted by Gasteiger charge is 2.17. The van der Waals surface area contributed by atoms with Gasteiger partial charge >= 0.3 is 0 Å². The molecule has 3 aromatic rings. The fourth-order valence-electron chi connectivity index (χ4n) is 2.00. The molecule has 4 heteroatoms. The summed E-state index contributed by atoms with van der Waals surface area (Å²) in [6, 6.07) is 10.0. The summed E-state index contributed by atoms with van der Waals surface area (Å²) in [5, 5.41) is 4.19. The average molecular weight is 298 g/mol. The van der Waals surface area contributed by atoms with Crippen LogP contribution in [0.5, 0.6) is 5.75 Å². The Labute approximate surface area is 128 Å². The summed E-state index contributed by atoms with van der Waals surface area (Å²) in [5.41, 5.74) is 2.18. The Balaban J connectivity index is 1.73. The van der Waals surface area contributed by atoms with E-state index in [1.54, 1.807) is 17.5 Å². The number of para-hydroxylation sites is 1. The average Bonchev–Trinajstić information content (AvgIpc) is 2.94. The quantitative estimate of drug-likeness (QED) is 0.710. The predicted octanol–water partition coefficient (Wildman–Crippen LogP) is 4.57. The van der Waals surface area contributed by atoms with E-state index in [0.717, 1.165) is 27.4 Å². The maximum atomic E-state index is 5.81. The Morgan fingerprint density at radius 1 is 1.19 bits per heavy atom. The Kier molecular flexibility index (Phi) is 3.64. The molecule has 0 aliphatic heterocycles. The molecule has 0 amide bonds. The zero-order valence-corrected chi connectivity index (χ0v) is 13.3. The lowest BCUT2D eigenvalue weighted by molar-refractivity contribution is 0.304. The molecule has 3 nitrogen and oxygen atoms in total. The summed E-state index contributed by atoms with van der Waals surface area (Å²) in [7, 11) is 0. The van der Waals surface area contributed by atoms with Gasteiger partial charge in [0, 0.05) is 16.2 Å². The van der Waals surface area contributed by atoms with Crippen molar-refractivity contribution < 1.29 is 4.74 Å². The van der Waals surface area contributed by atoms with Crippen molar-refractivity contribution in [2.45, 2.75) is 32.8 Å². The van der Waals surface area contributed by atoms with Crippen molar-refractivity contribution in [2.75, 3.05) is 0 Å². The first-order chi connectivity index (χ1) is 10.0. The van der Waals surface area contributed by atoms with Crippen LogP contribution in [0.15, 0.2) is 41.9 Å². The van der Waals surface area contributed by atoms with Crippen LogP contribution in [0.3, 0.4) is 0 Å². The smallest absolute Gasteiger partial charge is 0.140 e. The van der Waals surface area contributed by atoms with E-state index < -0.39 is 0 Å². The lowest BCUT2D eigenvalue weighted by Gasteiger charge is -2.14. The second kappa shape index (κ2) is 5.45. The molecule has 0 aliphatic carbocycles. The monoisotopic (exact) mass is 298 g/mol. The summed E-state index contributed by atoms with van der Waals surface area (Å²) >= 11 is 1.64. The van der Waals surface area contributed by atoms with E-state index in [9.17, 15) is 0 Å². The van der Waals surface area contributed by atoms with Gasteiger partial charge in [0.15, 0.2) is 0 Å². The van der Waals surface area contributed by atoms with Gasteiger partial charge in [-0.2, -0.15) is 0 Å². The van der Waals surface area contributed by atoms with Crippen molar-refractivity contribution in [1.29, 1.82) is 0 Å². The highest BCUT2D eigenvalue weighted by Crippen LogP contribution is 2.25. The zero-order valence-electron chi connectivity index (χ0n) is 12.5. The Hall–Kier alpha value is -1.94. The largest absolute Gasteiger partial charge is 0.485 e. The fourth-order valence-corrected chi connectivity index (χ4v) is 2.93. The number of benzene rings is 1. The van der Waals surface area contributed by atoms with E-state index >= 15 is 0 Å². The van der Waals surface area contributed by atoms with E-state index in [0.29, 0.717) is 6.61 Å². The van der Waals surface area contributed by atoms with Crippen LogP contribution in [0.25, 0.3) is 10.9 Å². The molecule has 0 spiro atoms. The van der Waals surface area contributed by atoms with Gasteiger partial charge in [-0.15, -0.1) is 11.3 Å². The van der Waals surface area contributed by atoms with Crippen LogP contribution in [-0.4, -0.2) is 9.97 Å². The molecule has 2 aromatic heterocycles. The van der Waals surface area contributed by atoms with Gasteiger partial charge < -0.3 is 4.74 Å². The molecule has 3 rings (SSSR count). The number of aromatic nitrogens is 2. The standard InChI is InChI=1S/C17H18N2OS/c1-17(2,3)15-11-21-16(19-15)10-20-13-8-12-6-4-5-7-14(12)18-9-13/h4-9,11H,10H2,1-3H3. The first-order valence-corrected chi connectivity index (χ1v) is 7.83. The zero-order chi connectivity index (χ0) is 14.9. The van der Waals surface area contributed by atoms with Crippen LogP contribution >= 0.6 is 11.3 Å². The van der Waals surface area contributed by atoms with Crippen molar-refractivity contribution in [3.05, 3.63) is 52.6 Å². The number of fused-ring (bicyclic) bond motifs is 1. The lowest BCUT2D eigenvalue weighted by atomic mass is 9.93. The molecule has 0 unspecified atom stereocenters. The third-order valence-corrected chi connectivity index (χ3v) is 4.07. The van der Waals surface area contributed by atoms with Crippen LogP contribution in [0.2, 0.25) is 0 Å². The predicted molar refractivity (Wildman–Crippen MR) is 86.9 cm³/mol. The van der Waals surface area contributed by atoms with Gasteiger partial charge in [0.1, 0.15) is 17.4 Å². The molecular formula is C17H18N2OS. The van der Waals surface area contributed by atoms with Crippen molar-refractivity contribution in [1.82, 2.24) is 9.97 Å². The third-order valence-electron chi connectivity index (χ3n) is 3.25. The molecule has 0 atom stereocenters. The van der Waals surface area contributed by atoms with Gasteiger partial charge in [0.25, 0.3) is 0 Å². The normalized spacial score (nSPS) is 11.8. The van der Waals surface area contributed by atoms with Crippen molar-refractivity contribution in [2.24, 2.45) is 0 Å². The van der Waals surface area contributed by atoms with Gasteiger partial charge in [-0.1, -0.05) is 39.0 Å². The molecular weight excluding hydrogens is 280 g/mol. The van der Waals surface area contributed by atoms with Gasteiger partial charge in [0.05, 0.1) is 17.4 Å². The molecule has 21 heavy (non-hydrogen) atoms. The van der Waals surface area contributed by atoms with Crippen LogP contribution in [0.4, 0.5) is 0 Å². The number of ether oxygens (including phenoxy) is 1. The summed E-state index contributed by atoms with van der Waals surface area (Å²) in [4.78, 5) is 9.03. The SMILES string of the molecule is CC(C)(C)c1csc(COc2cnc3ccccc3c2)n1. The molecule has 0 saturated carbocycles. The van der Waals surface area contributed by atoms with Gasteiger partial charge in [-0.3, -0.25) is 4.98 Å². The molecule has 1 aromatic carbocycles. The Morgan fingerprint density at radius 2 is 2.00 bits per heavy atom. The third kappa shape index (κ3) is 3.22. The lowest BCUT2D eigenvalue weighted by Crippen LogP contribution is -2.11. The number of pyridine rings is 1. The minimum atomic E-state index is 0.0826. The number of thiazole rings is 1. The number of hydrogen-bond acceptors (Lipinski definition) is 4. The van der Waals surface area contributed by atoms with E-state index in [1.165, 1.54) is 0 Å².